The molecule has 0 spiro atoms. The first-order valence-corrected chi connectivity index (χ1v) is 6.88. The minimum absolute atomic E-state index is 0.214. The number of anilines is 1. The smallest absolute Gasteiger partial charge is 0.149 e. The summed E-state index contributed by atoms with van der Waals surface area (Å²) < 4.78 is 0. The second kappa shape index (κ2) is 5.81. The van der Waals surface area contributed by atoms with Gasteiger partial charge in [0.1, 0.15) is 22.9 Å². The fourth-order valence-corrected chi connectivity index (χ4v) is 2.25. The van der Waals surface area contributed by atoms with Crippen molar-refractivity contribution >= 4 is 28.5 Å². The number of para-hydroxylation sites is 2. The molecule has 0 atom stereocenters. The van der Waals surface area contributed by atoms with Crippen LogP contribution < -0.4 is 5.32 Å². The zero-order chi connectivity index (χ0) is 14.7. The van der Waals surface area contributed by atoms with Crippen molar-refractivity contribution in [2.24, 2.45) is 0 Å². The average molecular weight is 298 g/mol. The van der Waals surface area contributed by atoms with Gasteiger partial charge in [0.05, 0.1) is 16.6 Å². The molecule has 0 aliphatic rings. The van der Waals surface area contributed by atoms with E-state index < -0.39 is 0 Å². The van der Waals surface area contributed by atoms with Crippen LogP contribution in [0.15, 0.2) is 36.4 Å². The average Bonchev–Trinajstić information content (AvgIpc) is 2.90. The molecule has 6 heteroatoms. The summed E-state index contributed by atoms with van der Waals surface area (Å²) in [6, 6.07) is 13.3. The van der Waals surface area contributed by atoms with Crippen LogP contribution >= 0.6 is 11.6 Å². The Balaban J connectivity index is 1.63. The molecule has 5 nitrogen and oxygen atoms in total. The van der Waals surface area contributed by atoms with Crippen LogP contribution in [0.1, 0.15) is 11.4 Å². The van der Waals surface area contributed by atoms with E-state index in [1.807, 2.05) is 30.3 Å². The molecular formula is C15H12ClN5. The zero-order valence-electron chi connectivity index (χ0n) is 11.1. The second-order valence-corrected chi connectivity index (χ2v) is 4.88. The summed E-state index contributed by atoms with van der Waals surface area (Å²) in [5, 5.41) is 12.2. The normalized spacial score (nSPS) is 10.5. The number of aromatic amines is 1. The summed E-state index contributed by atoms with van der Waals surface area (Å²) >= 11 is 5.89. The monoisotopic (exact) mass is 297 g/mol. The lowest BCUT2D eigenvalue weighted by atomic mass is 10.3. The highest BCUT2D eigenvalue weighted by atomic mass is 35.5. The quantitative estimate of drug-likeness (QED) is 0.725. The van der Waals surface area contributed by atoms with E-state index in [-0.39, 0.29) is 5.15 Å². The number of fused-ring (bicyclic) bond motifs is 1. The summed E-state index contributed by atoms with van der Waals surface area (Å²) in [5.74, 6) is 1.57. The van der Waals surface area contributed by atoms with Gasteiger partial charge >= 0.3 is 0 Å². The fraction of sp³-hybridized carbons (Fsp3) is 0.133. The lowest BCUT2D eigenvalue weighted by Crippen LogP contribution is -2.07. The van der Waals surface area contributed by atoms with Crippen molar-refractivity contribution in [2.45, 2.75) is 6.42 Å². The number of nitriles is 1. The number of benzene rings is 1. The molecule has 0 saturated carbocycles. The van der Waals surface area contributed by atoms with Gasteiger partial charge in [-0.05, 0) is 24.3 Å². The van der Waals surface area contributed by atoms with Crippen LogP contribution in [0.4, 0.5) is 5.82 Å². The van der Waals surface area contributed by atoms with E-state index in [2.05, 4.69) is 20.3 Å². The number of imidazole rings is 1. The SMILES string of the molecule is N#Cc1ccc(NCCc2nc3ccccc3[nH]2)nc1Cl. The molecule has 104 valence electrons. The Bertz CT molecular complexity index is 785. The molecule has 0 aliphatic carbocycles. The second-order valence-electron chi connectivity index (χ2n) is 4.52. The first-order valence-electron chi connectivity index (χ1n) is 6.50. The summed E-state index contributed by atoms with van der Waals surface area (Å²) in [5.41, 5.74) is 2.37. The Kier molecular flexibility index (Phi) is 3.71. The van der Waals surface area contributed by atoms with Crippen LogP contribution in [-0.2, 0) is 6.42 Å². The number of aromatic nitrogens is 3. The number of nitrogens with zero attached hydrogens (tertiary/aromatic N) is 3. The van der Waals surface area contributed by atoms with Gasteiger partial charge in [0, 0.05) is 13.0 Å². The van der Waals surface area contributed by atoms with Gasteiger partial charge in [-0.15, -0.1) is 0 Å². The van der Waals surface area contributed by atoms with Crippen LogP contribution in [0.2, 0.25) is 5.15 Å². The Morgan fingerprint density at radius 1 is 1.19 bits per heavy atom. The van der Waals surface area contributed by atoms with Crippen molar-refractivity contribution < 1.29 is 0 Å². The Hall–Kier alpha value is -2.58. The highest BCUT2D eigenvalue weighted by Gasteiger charge is 2.04. The van der Waals surface area contributed by atoms with E-state index in [1.54, 1.807) is 12.1 Å². The highest BCUT2D eigenvalue weighted by Crippen LogP contribution is 2.15. The van der Waals surface area contributed by atoms with Gasteiger partial charge in [-0.1, -0.05) is 23.7 Å². The molecule has 0 bridgehead atoms. The maximum absolute atomic E-state index is 8.80. The van der Waals surface area contributed by atoms with Gasteiger partial charge in [-0.25, -0.2) is 9.97 Å². The van der Waals surface area contributed by atoms with Crippen molar-refractivity contribution in [1.29, 1.82) is 5.26 Å². The molecule has 0 aliphatic heterocycles. The lowest BCUT2D eigenvalue weighted by Gasteiger charge is -2.04. The molecule has 0 unspecified atom stereocenters. The predicted molar refractivity (Wildman–Crippen MR) is 82.2 cm³/mol. The molecule has 1 aromatic carbocycles. The molecule has 3 aromatic rings. The molecule has 2 N–H and O–H groups in total. The van der Waals surface area contributed by atoms with Crippen LogP contribution in [0, 0.1) is 11.3 Å². The number of pyridine rings is 1. The number of nitrogens with one attached hydrogen (secondary N) is 2. The molecular weight excluding hydrogens is 286 g/mol. The first-order chi connectivity index (χ1) is 10.3. The van der Waals surface area contributed by atoms with E-state index in [9.17, 15) is 0 Å². The minimum atomic E-state index is 0.214. The standard InChI is InChI=1S/C15H12ClN5/c16-15-10(9-17)5-6-13(21-15)18-8-7-14-19-11-3-1-2-4-12(11)20-14/h1-6H,7-8H2,(H,18,21)(H,19,20). The van der Waals surface area contributed by atoms with Crippen molar-refractivity contribution in [2.75, 3.05) is 11.9 Å². The highest BCUT2D eigenvalue weighted by molar-refractivity contribution is 6.30. The number of halogens is 1. The van der Waals surface area contributed by atoms with Gasteiger partial charge in [-0.3, -0.25) is 0 Å². The maximum Gasteiger partial charge on any atom is 0.149 e. The van der Waals surface area contributed by atoms with Crippen molar-refractivity contribution in [3.63, 3.8) is 0 Å². The Morgan fingerprint density at radius 3 is 2.81 bits per heavy atom. The third kappa shape index (κ3) is 2.96. The van der Waals surface area contributed by atoms with E-state index in [4.69, 9.17) is 16.9 Å². The van der Waals surface area contributed by atoms with Crippen LogP contribution in [-0.4, -0.2) is 21.5 Å². The number of rotatable bonds is 4. The molecule has 0 amide bonds. The number of hydrogen-bond acceptors (Lipinski definition) is 4. The van der Waals surface area contributed by atoms with Crippen LogP contribution in [0.3, 0.4) is 0 Å². The largest absolute Gasteiger partial charge is 0.370 e. The molecule has 2 heterocycles. The van der Waals surface area contributed by atoms with E-state index >= 15 is 0 Å². The maximum atomic E-state index is 8.80. The molecule has 2 aromatic heterocycles. The molecule has 3 rings (SSSR count). The molecule has 0 fully saturated rings. The topological polar surface area (TPSA) is 77.4 Å². The van der Waals surface area contributed by atoms with Crippen molar-refractivity contribution in [1.82, 2.24) is 15.0 Å². The van der Waals surface area contributed by atoms with E-state index in [0.717, 1.165) is 23.3 Å². The summed E-state index contributed by atoms with van der Waals surface area (Å²) in [4.78, 5) is 11.9. The fourth-order valence-electron chi connectivity index (χ4n) is 2.05. The molecule has 21 heavy (non-hydrogen) atoms. The van der Waals surface area contributed by atoms with Crippen LogP contribution in [0.25, 0.3) is 11.0 Å². The Labute approximate surface area is 126 Å². The first kappa shape index (κ1) is 13.4. The summed E-state index contributed by atoms with van der Waals surface area (Å²) in [7, 11) is 0. The van der Waals surface area contributed by atoms with E-state index in [0.29, 0.717) is 17.9 Å². The number of hydrogen-bond donors (Lipinski definition) is 2. The Morgan fingerprint density at radius 2 is 2.05 bits per heavy atom. The third-order valence-corrected chi connectivity index (χ3v) is 3.36. The van der Waals surface area contributed by atoms with Crippen LogP contribution in [0.5, 0.6) is 0 Å². The lowest BCUT2D eigenvalue weighted by molar-refractivity contribution is 0.928. The molecule has 0 radical (unpaired) electrons. The van der Waals surface area contributed by atoms with Gasteiger partial charge in [-0.2, -0.15) is 5.26 Å². The molecule has 0 saturated heterocycles. The van der Waals surface area contributed by atoms with Crippen molar-refractivity contribution in [3.8, 4) is 6.07 Å². The summed E-state index contributed by atoms with van der Waals surface area (Å²) in [6.07, 6.45) is 0.744. The predicted octanol–water partition coefficient (Wildman–Crippen LogP) is 3.14. The van der Waals surface area contributed by atoms with Gasteiger partial charge < -0.3 is 10.3 Å². The van der Waals surface area contributed by atoms with Gasteiger partial charge in [0.15, 0.2) is 0 Å². The van der Waals surface area contributed by atoms with E-state index in [1.165, 1.54) is 0 Å². The zero-order valence-corrected chi connectivity index (χ0v) is 11.9. The number of H-pyrrole nitrogens is 1. The van der Waals surface area contributed by atoms with Gasteiger partial charge in [0.25, 0.3) is 0 Å². The third-order valence-electron chi connectivity index (χ3n) is 3.08. The minimum Gasteiger partial charge on any atom is -0.370 e. The van der Waals surface area contributed by atoms with Crippen molar-refractivity contribution in [3.05, 3.63) is 52.9 Å². The summed E-state index contributed by atoms with van der Waals surface area (Å²) in [6.45, 7) is 0.676. The van der Waals surface area contributed by atoms with Gasteiger partial charge in [0.2, 0.25) is 0 Å².